The van der Waals surface area contributed by atoms with Crippen LogP contribution in [0.1, 0.15) is 27.2 Å². The second-order valence-corrected chi connectivity index (χ2v) is 5.46. The monoisotopic (exact) mass is 257 g/mol. The smallest absolute Gasteiger partial charge is 0.190 e. The van der Waals surface area contributed by atoms with Crippen LogP contribution in [0.3, 0.4) is 0 Å². The van der Waals surface area contributed by atoms with Crippen molar-refractivity contribution in [3.63, 3.8) is 0 Å². The molecule has 1 aromatic carbocycles. The van der Waals surface area contributed by atoms with E-state index < -0.39 is 11.6 Å². The van der Waals surface area contributed by atoms with Crippen LogP contribution in [0.25, 0.3) is 0 Å². The second-order valence-electron chi connectivity index (χ2n) is 5.46. The minimum absolute atomic E-state index is 0.252. The Morgan fingerprint density at radius 3 is 2.28 bits per heavy atom. The summed E-state index contributed by atoms with van der Waals surface area (Å²) in [7, 11) is 0. The van der Waals surface area contributed by atoms with Gasteiger partial charge in [0.15, 0.2) is 17.4 Å². The molecule has 0 saturated carbocycles. The Balaban J connectivity index is 2.22. The van der Waals surface area contributed by atoms with E-state index >= 15 is 0 Å². The number of para-hydroxylation sites is 1. The first-order valence-electron chi connectivity index (χ1n) is 6.18. The molecule has 2 nitrogen and oxygen atoms in total. The highest BCUT2D eigenvalue weighted by molar-refractivity contribution is 5.25. The molecule has 0 radical (unpaired) electrons. The average molecular weight is 257 g/mol. The molecule has 0 aromatic heterocycles. The number of hydrogen-bond acceptors (Lipinski definition) is 2. The van der Waals surface area contributed by atoms with Crippen molar-refractivity contribution >= 4 is 0 Å². The summed E-state index contributed by atoms with van der Waals surface area (Å²) in [6, 6.07) is 3.69. The van der Waals surface area contributed by atoms with Gasteiger partial charge >= 0.3 is 0 Å². The van der Waals surface area contributed by atoms with Crippen molar-refractivity contribution in [2.75, 3.05) is 19.7 Å². The Morgan fingerprint density at radius 2 is 1.72 bits per heavy atom. The summed E-state index contributed by atoms with van der Waals surface area (Å²) in [6.07, 6.45) is 1.04. The van der Waals surface area contributed by atoms with Gasteiger partial charge in [-0.1, -0.05) is 26.8 Å². The Bertz CT molecular complexity index is 354. The third-order valence-corrected chi connectivity index (χ3v) is 2.50. The number of ether oxygens (including phenoxy) is 1. The van der Waals surface area contributed by atoms with Crippen LogP contribution in [-0.2, 0) is 0 Å². The van der Waals surface area contributed by atoms with E-state index in [1.807, 2.05) is 0 Å². The average Bonchev–Trinajstić information content (AvgIpc) is 2.25. The third-order valence-electron chi connectivity index (χ3n) is 2.50. The van der Waals surface area contributed by atoms with Crippen LogP contribution in [-0.4, -0.2) is 19.7 Å². The fourth-order valence-electron chi connectivity index (χ4n) is 1.43. The first-order valence-corrected chi connectivity index (χ1v) is 6.18. The van der Waals surface area contributed by atoms with E-state index in [0.29, 0.717) is 6.54 Å². The molecule has 0 aliphatic heterocycles. The third kappa shape index (κ3) is 5.45. The van der Waals surface area contributed by atoms with Gasteiger partial charge in [-0.3, -0.25) is 0 Å². The molecule has 0 saturated heterocycles. The molecular formula is C14H21F2NO. The van der Waals surface area contributed by atoms with Crippen molar-refractivity contribution in [2.24, 2.45) is 5.41 Å². The zero-order chi connectivity index (χ0) is 13.6. The van der Waals surface area contributed by atoms with Gasteiger partial charge in [-0.05, 0) is 30.5 Å². The molecule has 1 rings (SSSR count). The first-order chi connectivity index (χ1) is 8.40. The van der Waals surface area contributed by atoms with Crippen LogP contribution in [0.2, 0.25) is 0 Å². The summed E-state index contributed by atoms with van der Waals surface area (Å²) in [6.45, 7) is 8.19. The van der Waals surface area contributed by atoms with Gasteiger partial charge in [0, 0.05) is 6.54 Å². The number of rotatable bonds is 6. The molecular weight excluding hydrogens is 236 g/mol. The summed E-state index contributed by atoms with van der Waals surface area (Å²) in [5.41, 5.74) is 0.283. The van der Waals surface area contributed by atoms with Crippen LogP contribution in [0.4, 0.5) is 8.78 Å². The minimum Gasteiger partial charge on any atom is -0.486 e. The predicted molar refractivity (Wildman–Crippen MR) is 68.8 cm³/mol. The Labute approximate surface area is 107 Å². The van der Waals surface area contributed by atoms with Crippen molar-refractivity contribution in [3.05, 3.63) is 29.8 Å². The van der Waals surface area contributed by atoms with Crippen molar-refractivity contribution in [3.8, 4) is 5.75 Å². The van der Waals surface area contributed by atoms with Gasteiger partial charge in [0.2, 0.25) is 0 Å². The van der Waals surface area contributed by atoms with Crippen molar-refractivity contribution in [1.82, 2.24) is 5.32 Å². The maximum atomic E-state index is 13.2. The van der Waals surface area contributed by atoms with Crippen LogP contribution in [0.5, 0.6) is 5.75 Å². The molecule has 4 heteroatoms. The summed E-state index contributed by atoms with van der Waals surface area (Å²) in [5, 5.41) is 3.18. The van der Waals surface area contributed by atoms with E-state index in [-0.39, 0.29) is 17.8 Å². The van der Waals surface area contributed by atoms with Crippen molar-refractivity contribution in [1.29, 1.82) is 0 Å². The lowest BCUT2D eigenvalue weighted by molar-refractivity contribution is 0.278. The lowest BCUT2D eigenvalue weighted by atomic mass is 9.92. The number of hydrogen-bond donors (Lipinski definition) is 1. The summed E-state index contributed by atoms with van der Waals surface area (Å²) >= 11 is 0. The van der Waals surface area contributed by atoms with E-state index in [1.54, 1.807) is 0 Å². The molecule has 0 unspecified atom stereocenters. The van der Waals surface area contributed by atoms with E-state index in [9.17, 15) is 8.78 Å². The lowest BCUT2D eigenvalue weighted by Crippen LogP contribution is -2.25. The topological polar surface area (TPSA) is 21.3 Å². The molecule has 1 aromatic rings. The highest BCUT2D eigenvalue weighted by atomic mass is 19.1. The van der Waals surface area contributed by atoms with Crippen LogP contribution in [0.15, 0.2) is 18.2 Å². The lowest BCUT2D eigenvalue weighted by Gasteiger charge is -2.18. The summed E-state index contributed by atoms with van der Waals surface area (Å²) in [5.74, 6) is -1.62. The molecule has 0 bridgehead atoms. The molecule has 0 atom stereocenters. The molecule has 0 aliphatic carbocycles. The number of halogens is 2. The van der Waals surface area contributed by atoms with Gasteiger partial charge in [0.25, 0.3) is 0 Å². The molecule has 0 fully saturated rings. The van der Waals surface area contributed by atoms with E-state index in [4.69, 9.17) is 4.74 Å². The molecule has 1 N–H and O–H groups in total. The van der Waals surface area contributed by atoms with Crippen LogP contribution < -0.4 is 10.1 Å². The standard InChI is InChI=1S/C14H21F2NO/c1-14(2,3)7-8-17-9-10-18-13-11(15)5-4-6-12(13)16/h4-6,17H,7-10H2,1-3H3. The SMILES string of the molecule is CC(C)(C)CCNCCOc1c(F)cccc1F. The number of benzene rings is 1. The Hall–Kier alpha value is -1.16. The number of nitrogens with one attached hydrogen (secondary N) is 1. The van der Waals surface area contributed by atoms with Crippen LogP contribution in [0, 0.1) is 17.0 Å². The van der Waals surface area contributed by atoms with Gasteiger partial charge in [-0.2, -0.15) is 0 Å². The van der Waals surface area contributed by atoms with Gasteiger partial charge in [0.1, 0.15) is 6.61 Å². The predicted octanol–water partition coefficient (Wildman–Crippen LogP) is 3.37. The minimum atomic E-state index is -0.662. The molecule has 0 aliphatic rings. The molecule has 102 valence electrons. The van der Waals surface area contributed by atoms with E-state index in [2.05, 4.69) is 26.1 Å². The van der Waals surface area contributed by atoms with Crippen molar-refractivity contribution in [2.45, 2.75) is 27.2 Å². The first kappa shape index (κ1) is 14.9. The Kier molecular flexibility index (Phi) is 5.54. The maximum Gasteiger partial charge on any atom is 0.190 e. The molecule has 0 amide bonds. The molecule has 0 spiro atoms. The zero-order valence-electron chi connectivity index (χ0n) is 11.2. The highest BCUT2D eigenvalue weighted by Gasteiger charge is 2.10. The normalized spacial score (nSPS) is 11.6. The van der Waals surface area contributed by atoms with Gasteiger partial charge in [-0.15, -0.1) is 0 Å². The van der Waals surface area contributed by atoms with Crippen LogP contribution >= 0.6 is 0 Å². The fourth-order valence-corrected chi connectivity index (χ4v) is 1.43. The molecule has 0 heterocycles. The largest absolute Gasteiger partial charge is 0.486 e. The summed E-state index contributed by atoms with van der Waals surface area (Å²) < 4.78 is 31.5. The van der Waals surface area contributed by atoms with Gasteiger partial charge < -0.3 is 10.1 Å². The molecule has 18 heavy (non-hydrogen) atoms. The van der Waals surface area contributed by atoms with Gasteiger partial charge in [-0.25, -0.2) is 8.78 Å². The highest BCUT2D eigenvalue weighted by Crippen LogP contribution is 2.20. The van der Waals surface area contributed by atoms with E-state index in [0.717, 1.165) is 13.0 Å². The van der Waals surface area contributed by atoms with Gasteiger partial charge in [0.05, 0.1) is 0 Å². The Morgan fingerprint density at radius 1 is 1.11 bits per heavy atom. The van der Waals surface area contributed by atoms with E-state index in [1.165, 1.54) is 18.2 Å². The summed E-state index contributed by atoms with van der Waals surface area (Å²) in [4.78, 5) is 0. The quantitative estimate of drug-likeness (QED) is 0.789. The maximum absolute atomic E-state index is 13.2. The zero-order valence-corrected chi connectivity index (χ0v) is 11.2. The fraction of sp³-hybridized carbons (Fsp3) is 0.571. The second kappa shape index (κ2) is 6.69. The van der Waals surface area contributed by atoms with Crippen molar-refractivity contribution < 1.29 is 13.5 Å².